The number of ketones is 3. The molecule has 0 spiro atoms. The van der Waals surface area contributed by atoms with Gasteiger partial charge in [-0.2, -0.15) is 13.2 Å². The Morgan fingerprint density at radius 3 is 2.30 bits per heavy atom. The van der Waals surface area contributed by atoms with Gasteiger partial charge in [0.15, 0.2) is 17.3 Å². The first-order valence-corrected chi connectivity index (χ1v) is 8.39. The van der Waals surface area contributed by atoms with Crippen molar-refractivity contribution in [2.75, 3.05) is 26.9 Å². The van der Waals surface area contributed by atoms with Crippen molar-refractivity contribution in [1.82, 2.24) is 0 Å². The topological polar surface area (TPSA) is 69.7 Å². The minimum atomic E-state index is -4.56. The molecule has 0 aromatic carbocycles. The van der Waals surface area contributed by atoms with Crippen LogP contribution in [0.2, 0.25) is 0 Å². The summed E-state index contributed by atoms with van der Waals surface area (Å²) in [6, 6.07) is 0. The van der Waals surface area contributed by atoms with E-state index in [9.17, 15) is 27.6 Å². The fraction of sp³-hybridized carbons (Fsp3) is 0.526. The average Bonchev–Trinajstić information content (AvgIpc) is 2.57. The van der Waals surface area contributed by atoms with Gasteiger partial charge < -0.3 is 9.47 Å². The second-order valence-electron chi connectivity index (χ2n) is 6.16. The second-order valence-corrected chi connectivity index (χ2v) is 6.16. The molecule has 0 aliphatic heterocycles. The van der Waals surface area contributed by atoms with E-state index in [4.69, 9.17) is 9.47 Å². The molecule has 5 nitrogen and oxygen atoms in total. The van der Waals surface area contributed by atoms with Crippen molar-refractivity contribution in [3.63, 3.8) is 0 Å². The molecule has 1 fully saturated rings. The van der Waals surface area contributed by atoms with Gasteiger partial charge in [0.05, 0.1) is 19.8 Å². The van der Waals surface area contributed by atoms with Crippen LogP contribution in [0.5, 0.6) is 0 Å². The maximum atomic E-state index is 12.8. The third-order valence-corrected chi connectivity index (χ3v) is 4.05. The number of halogens is 3. The van der Waals surface area contributed by atoms with E-state index in [0.717, 1.165) is 19.1 Å². The summed E-state index contributed by atoms with van der Waals surface area (Å²) < 4.78 is 48.2. The van der Waals surface area contributed by atoms with Crippen LogP contribution in [0.15, 0.2) is 35.5 Å². The van der Waals surface area contributed by atoms with Gasteiger partial charge in [0.2, 0.25) is 0 Å². The number of methoxy groups -OCH3 is 1. The monoisotopic (exact) mass is 388 g/mol. The molecule has 0 aromatic heterocycles. The van der Waals surface area contributed by atoms with Crippen molar-refractivity contribution in [2.45, 2.75) is 32.4 Å². The summed E-state index contributed by atoms with van der Waals surface area (Å²) in [5.41, 5.74) is -1.06. The van der Waals surface area contributed by atoms with Crippen LogP contribution in [0.25, 0.3) is 0 Å². The van der Waals surface area contributed by atoms with E-state index in [-0.39, 0.29) is 43.8 Å². The van der Waals surface area contributed by atoms with Gasteiger partial charge in [-0.1, -0.05) is 18.7 Å². The normalized spacial score (nSPS) is 17.4. The lowest BCUT2D eigenvalue weighted by Gasteiger charge is -2.20. The molecule has 150 valence electrons. The van der Waals surface area contributed by atoms with Crippen LogP contribution in [0.4, 0.5) is 13.2 Å². The Morgan fingerprint density at radius 2 is 1.78 bits per heavy atom. The molecule has 0 N–H and O–H groups in total. The molecule has 0 saturated heterocycles. The lowest BCUT2D eigenvalue weighted by atomic mass is 9.80. The van der Waals surface area contributed by atoms with Gasteiger partial charge in [0.25, 0.3) is 0 Å². The van der Waals surface area contributed by atoms with Crippen LogP contribution < -0.4 is 0 Å². The van der Waals surface area contributed by atoms with Crippen LogP contribution in [-0.2, 0) is 23.9 Å². The maximum Gasteiger partial charge on any atom is 0.412 e. The smallest absolute Gasteiger partial charge is 0.382 e. The highest BCUT2D eigenvalue weighted by Crippen LogP contribution is 2.27. The fourth-order valence-electron chi connectivity index (χ4n) is 2.45. The molecule has 0 bridgehead atoms. The number of hydrogen-bond acceptors (Lipinski definition) is 5. The van der Waals surface area contributed by atoms with Crippen LogP contribution >= 0.6 is 0 Å². The second kappa shape index (κ2) is 10.3. The molecular weight excluding hydrogens is 365 g/mol. The van der Waals surface area contributed by atoms with Gasteiger partial charge in [0, 0.05) is 31.1 Å². The molecule has 0 radical (unpaired) electrons. The Labute approximate surface area is 155 Å². The molecule has 1 aliphatic carbocycles. The van der Waals surface area contributed by atoms with E-state index in [1.54, 1.807) is 0 Å². The zero-order valence-corrected chi connectivity index (χ0v) is 15.4. The lowest BCUT2D eigenvalue weighted by Crippen LogP contribution is -2.36. The van der Waals surface area contributed by atoms with Crippen LogP contribution in [0, 0.1) is 5.92 Å². The SMILES string of the molecule is C=C(COCCOC)/C(=C\C=C(/C)C(F)(F)F)C(=O)C1C(=O)CCCC1=O. The minimum Gasteiger partial charge on any atom is -0.382 e. The molecule has 1 aliphatic rings. The molecule has 1 rings (SSSR count). The van der Waals surface area contributed by atoms with E-state index in [1.807, 2.05) is 0 Å². The third kappa shape index (κ3) is 6.88. The van der Waals surface area contributed by atoms with Gasteiger partial charge in [0.1, 0.15) is 5.92 Å². The molecular formula is C19H23F3O5. The Morgan fingerprint density at radius 1 is 1.19 bits per heavy atom. The molecule has 1 saturated carbocycles. The number of hydrogen-bond donors (Lipinski definition) is 0. The van der Waals surface area contributed by atoms with Crippen LogP contribution in [0.3, 0.4) is 0 Å². The first-order chi connectivity index (χ1) is 12.6. The first-order valence-electron chi connectivity index (χ1n) is 8.39. The number of carbonyl (C=O) groups is 3. The van der Waals surface area contributed by atoms with Crippen molar-refractivity contribution in [1.29, 1.82) is 0 Å². The average molecular weight is 388 g/mol. The van der Waals surface area contributed by atoms with Crippen molar-refractivity contribution < 1.29 is 37.0 Å². The van der Waals surface area contributed by atoms with Crippen molar-refractivity contribution in [3.05, 3.63) is 35.5 Å². The fourth-order valence-corrected chi connectivity index (χ4v) is 2.45. The van der Waals surface area contributed by atoms with Crippen LogP contribution in [0.1, 0.15) is 26.2 Å². The molecule has 0 aromatic rings. The molecule has 0 atom stereocenters. The largest absolute Gasteiger partial charge is 0.412 e. The molecule has 8 heteroatoms. The highest BCUT2D eigenvalue weighted by Gasteiger charge is 2.38. The minimum absolute atomic E-state index is 0.0870. The Kier molecular flexibility index (Phi) is 8.78. The predicted molar refractivity (Wildman–Crippen MR) is 92.1 cm³/mol. The molecule has 0 amide bonds. The maximum absolute atomic E-state index is 12.8. The number of rotatable bonds is 9. The van der Waals surface area contributed by atoms with E-state index >= 15 is 0 Å². The number of carbonyl (C=O) groups excluding carboxylic acids is 3. The van der Waals surface area contributed by atoms with Gasteiger partial charge in [-0.05, 0) is 18.9 Å². The molecule has 0 unspecified atom stereocenters. The zero-order chi connectivity index (χ0) is 20.6. The van der Waals surface area contributed by atoms with E-state index in [1.165, 1.54) is 7.11 Å². The van der Waals surface area contributed by atoms with Gasteiger partial charge in [-0.15, -0.1) is 0 Å². The van der Waals surface area contributed by atoms with E-state index < -0.39 is 35.0 Å². The van der Waals surface area contributed by atoms with Crippen molar-refractivity contribution in [3.8, 4) is 0 Å². The predicted octanol–water partition coefficient (Wildman–Crippen LogP) is 3.15. The highest BCUT2D eigenvalue weighted by atomic mass is 19.4. The first kappa shape index (κ1) is 23.0. The standard InChI is InChI=1S/C19H23F3O5/c1-12(11-27-10-9-26-3)14(8-7-13(2)19(20,21)22)18(25)17-15(23)5-4-6-16(17)24/h7-8,17H,1,4-6,9-11H2,2-3H3/b13-7+,14-8+. The van der Waals surface area contributed by atoms with Gasteiger partial charge >= 0.3 is 6.18 Å². The van der Waals surface area contributed by atoms with E-state index in [0.29, 0.717) is 6.42 Å². The Balaban J connectivity index is 3.12. The number of Topliss-reactive ketones (excluding diaryl/α,β-unsaturated/α-hetero) is 3. The summed E-state index contributed by atoms with van der Waals surface area (Å²) in [6.07, 6.45) is -2.34. The lowest BCUT2D eigenvalue weighted by molar-refractivity contribution is -0.140. The highest BCUT2D eigenvalue weighted by molar-refractivity contribution is 6.26. The Bertz CT molecular complexity index is 643. The van der Waals surface area contributed by atoms with Crippen LogP contribution in [-0.4, -0.2) is 50.5 Å². The quantitative estimate of drug-likeness (QED) is 0.263. The zero-order valence-electron chi connectivity index (χ0n) is 15.4. The number of alkyl halides is 3. The number of allylic oxidation sites excluding steroid dienone is 3. The summed E-state index contributed by atoms with van der Waals surface area (Å²) >= 11 is 0. The van der Waals surface area contributed by atoms with Crippen molar-refractivity contribution >= 4 is 17.3 Å². The number of ether oxygens (including phenoxy) is 2. The van der Waals surface area contributed by atoms with Crippen molar-refractivity contribution in [2.24, 2.45) is 5.92 Å². The summed E-state index contributed by atoms with van der Waals surface area (Å²) in [4.78, 5) is 36.8. The summed E-state index contributed by atoms with van der Waals surface area (Å²) in [5, 5.41) is 0. The Hall–Kier alpha value is -2.06. The summed E-state index contributed by atoms with van der Waals surface area (Å²) in [5.74, 6) is -3.37. The molecule has 27 heavy (non-hydrogen) atoms. The van der Waals surface area contributed by atoms with Gasteiger partial charge in [-0.3, -0.25) is 14.4 Å². The summed E-state index contributed by atoms with van der Waals surface area (Å²) in [7, 11) is 1.47. The summed E-state index contributed by atoms with van der Waals surface area (Å²) in [6.45, 7) is 4.86. The van der Waals surface area contributed by atoms with E-state index in [2.05, 4.69) is 6.58 Å². The third-order valence-electron chi connectivity index (χ3n) is 4.05. The molecule has 0 heterocycles. The van der Waals surface area contributed by atoms with Gasteiger partial charge in [-0.25, -0.2) is 0 Å².